The number of hydrogen-bond donors (Lipinski definition) is 1. The zero-order valence-corrected chi connectivity index (χ0v) is 17.1. The summed E-state index contributed by atoms with van der Waals surface area (Å²) in [5.74, 6) is 0.880. The van der Waals surface area contributed by atoms with Crippen molar-refractivity contribution in [1.82, 2.24) is 9.97 Å². The van der Waals surface area contributed by atoms with Crippen LogP contribution in [0.3, 0.4) is 0 Å². The van der Waals surface area contributed by atoms with E-state index in [0.29, 0.717) is 12.8 Å². The number of anilines is 1. The third-order valence-corrected chi connectivity index (χ3v) is 5.20. The predicted octanol–water partition coefficient (Wildman–Crippen LogP) is 3.88. The van der Waals surface area contributed by atoms with Crippen LogP contribution >= 0.6 is 0 Å². The summed E-state index contributed by atoms with van der Waals surface area (Å²) in [6.07, 6.45) is 1.26. The van der Waals surface area contributed by atoms with Crippen LogP contribution in [-0.4, -0.2) is 24.1 Å². The Bertz CT molecular complexity index is 1120. The number of aryl methyl sites for hydroxylation is 2. The second-order valence-electron chi connectivity index (χ2n) is 7.77. The number of nitrogens with zero attached hydrogens (tertiary/aromatic N) is 3. The van der Waals surface area contributed by atoms with Crippen LogP contribution in [0.4, 0.5) is 5.82 Å². The number of H-pyrrole nitrogens is 1. The first-order chi connectivity index (χ1) is 13.3. The lowest BCUT2D eigenvalue weighted by atomic mass is 9.78. The topological polar surface area (TPSA) is 72.8 Å². The standard InChI is InChI=1S/C23H26N4O/c1-6-17-11-18-7-8-19(12-20(18)26-22(17)28)23(3,14-24)13-16-9-15(2)25-21(10-16)27(4)5/h7-12H,6,13H2,1-5H3,(H,26,28). The molecule has 1 N–H and O–H groups in total. The number of benzene rings is 1. The molecule has 0 aliphatic heterocycles. The molecule has 28 heavy (non-hydrogen) atoms. The third kappa shape index (κ3) is 3.77. The Morgan fingerprint density at radius 2 is 1.96 bits per heavy atom. The average Bonchev–Trinajstić information content (AvgIpc) is 2.66. The van der Waals surface area contributed by atoms with Gasteiger partial charge in [-0.1, -0.05) is 19.1 Å². The maximum Gasteiger partial charge on any atom is 0.251 e. The van der Waals surface area contributed by atoms with Crippen LogP contribution in [0.5, 0.6) is 0 Å². The van der Waals surface area contributed by atoms with E-state index in [2.05, 4.69) is 16.0 Å². The van der Waals surface area contributed by atoms with E-state index in [1.807, 2.05) is 76.2 Å². The van der Waals surface area contributed by atoms with Gasteiger partial charge in [-0.15, -0.1) is 0 Å². The molecule has 2 heterocycles. The number of rotatable bonds is 5. The van der Waals surface area contributed by atoms with Crippen LogP contribution in [0.2, 0.25) is 0 Å². The van der Waals surface area contributed by atoms with Gasteiger partial charge in [-0.05, 0) is 67.5 Å². The van der Waals surface area contributed by atoms with E-state index in [1.54, 1.807) is 0 Å². The van der Waals surface area contributed by atoms with Crippen molar-refractivity contribution in [3.63, 3.8) is 0 Å². The molecular weight excluding hydrogens is 348 g/mol. The van der Waals surface area contributed by atoms with Crippen molar-refractivity contribution >= 4 is 16.7 Å². The molecule has 1 unspecified atom stereocenters. The summed E-state index contributed by atoms with van der Waals surface area (Å²) >= 11 is 0. The Labute approximate surface area is 165 Å². The van der Waals surface area contributed by atoms with Crippen LogP contribution in [-0.2, 0) is 18.3 Å². The van der Waals surface area contributed by atoms with Crippen LogP contribution in [0.15, 0.2) is 41.2 Å². The van der Waals surface area contributed by atoms with Gasteiger partial charge in [0.15, 0.2) is 0 Å². The highest BCUT2D eigenvalue weighted by Gasteiger charge is 2.28. The van der Waals surface area contributed by atoms with E-state index in [1.165, 1.54) is 0 Å². The minimum atomic E-state index is -0.716. The van der Waals surface area contributed by atoms with Gasteiger partial charge in [0.25, 0.3) is 5.56 Å². The fraction of sp³-hybridized carbons (Fsp3) is 0.348. The fourth-order valence-corrected chi connectivity index (χ4v) is 3.52. The molecule has 144 valence electrons. The normalized spacial score (nSPS) is 13.1. The quantitative estimate of drug-likeness (QED) is 0.735. The van der Waals surface area contributed by atoms with E-state index in [-0.39, 0.29) is 5.56 Å². The number of nitriles is 1. The first-order valence-electron chi connectivity index (χ1n) is 9.48. The smallest absolute Gasteiger partial charge is 0.251 e. The van der Waals surface area contributed by atoms with Crippen molar-refractivity contribution < 1.29 is 0 Å². The largest absolute Gasteiger partial charge is 0.363 e. The Hall–Kier alpha value is -3.13. The summed E-state index contributed by atoms with van der Waals surface area (Å²) in [5, 5.41) is 11.0. The lowest BCUT2D eigenvalue weighted by molar-refractivity contribution is 0.606. The molecule has 1 atom stereocenters. The van der Waals surface area contributed by atoms with Crippen LogP contribution in [0.25, 0.3) is 10.9 Å². The molecule has 5 nitrogen and oxygen atoms in total. The van der Waals surface area contributed by atoms with E-state index in [0.717, 1.165) is 39.1 Å². The molecule has 0 aliphatic carbocycles. The molecule has 3 rings (SSSR count). The van der Waals surface area contributed by atoms with E-state index >= 15 is 0 Å². The van der Waals surface area contributed by atoms with Crippen molar-refractivity contribution in [3.8, 4) is 6.07 Å². The number of fused-ring (bicyclic) bond motifs is 1. The van der Waals surface area contributed by atoms with Crippen molar-refractivity contribution in [2.75, 3.05) is 19.0 Å². The van der Waals surface area contributed by atoms with Crippen molar-refractivity contribution in [2.45, 2.75) is 39.0 Å². The third-order valence-electron chi connectivity index (χ3n) is 5.20. The predicted molar refractivity (Wildman–Crippen MR) is 114 cm³/mol. The molecule has 3 aromatic rings. The molecule has 0 radical (unpaired) electrons. The summed E-state index contributed by atoms with van der Waals surface area (Å²) < 4.78 is 0. The number of aromatic nitrogens is 2. The van der Waals surface area contributed by atoms with Gasteiger partial charge in [0.05, 0.1) is 11.5 Å². The molecule has 0 saturated heterocycles. The highest BCUT2D eigenvalue weighted by molar-refractivity contribution is 5.80. The number of nitrogens with one attached hydrogen (secondary N) is 1. The van der Waals surface area contributed by atoms with Crippen LogP contribution < -0.4 is 10.5 Å². The van der Waals surface area contributed by atoms with Gasteiger partial charge < -0.3 is 9.88 Å². The number of aromatic amines is 1. The van der Waals surface area contributed by atoms with Gasteiger partial charge >= 0.3 is 0 Å². The summed E-state index contributed by atoms with van der Waals surface area (Å²) in [5.41, 5.74) is 3.64. The first-order valence-corrected chi connectivity index (χ1v) is 9.48. The SMILES string of the molecule is CCc1cc2ccc(C(C)(C#N)Cc3cc(C)nc(N(C)C)c3)cc2[nH]c1=O. The molecule has 2 aromatic heterocycles. The van der Waals surface area contributed by atoms with E-state index < -0.39 is 5.41 Å². The first kappa shape index (κ1) is 19.6. The molecule has 0 aliphatic rings. The second kappa shape index (κ2) is 7.47. The number of hydrogen-bond acceptors (Lipinski definition) is 4. The second-order valence-corrected chi connectivity index (χ2v) is 7.77. The highest BCUT2D eigenvalue weighted by atomic mass is 16.1. The van der Waals surface area contributed by atoms with Crippen molar-refractivity contribution in [1.29, 1.82) is 5.26 Å². The van der Waals surface area contributed by atoms with Gasteiger partial charge in [-0.3, -0.25) is 4.79 Å². The molecule has 0 saturated carbocycles. The molecule has 5 heteroatoms. The monoisotopic (exact) mass is 374 g/mol. The molecule has 0 bridgehead atoms. The zero-order chi connectivity index (χ0) is 20.5. The van der Waals surface area contributed by atoms with Crippen molar-refractivity contribution in [2.24, 2.45) is 0 Å². The number of pyridine rings is 2. The average molecular weight is 374 g/mol. The maximum atomic E-state index is 12.2. The lowest BCUT2D eigenvalue weighted by Gasteiger charge is -2.24. The summed E-state index contributed by atoms with van der Waals surface area (Å²) in [4.78, 5) is 21.7. The Morgan fingerprint density at radius 1 is 1.21 bits per heavy atom. The van der Waals surface area contributed by atoms with Gasteiger partial charge in [0.1, 0.15) is 5.82 Å². The molecule has 0 fully saturated rings. The highest BCUT2D eigenvalue weighted by Crippen LogP contribution is 2.30. The summed E-state index contributed by atoms with van der Waals surface area (Å²) in [6.45, 7) is 5.88. The summed E-state index contributed by atoms with van der Waals surface area (Å²) in [6, 6.07) is 14.4. The van der Waals surface area contributed by atoms with Gasteiger partial charge in [0, 0.05) is 30.9 Å². The van der Waals surface area contributed by atoms with Crippen LogP contribution in [0.1, 0.15) is 36.2 Å². The minimum Gasteiger partial charge on any atom is -0.363 e. The lowest BCUT2D eigenvalue weighted by Crippen LogP contribution is -2.23. The maximum absolute atomic E-state index is 12.2. The molecular formula is C23H26N4O. The minimum absolute atomic E-state index is 0.0637. The van der Waals surface area contributed by atoms with Gasteiger partial charge in [-0.2, -0.15) is 5.26 Å². The van der Waals surface area contributed by atoms with E-state index in [9.17, 15) is 10.1 Å². The molecule has 0 amide bonds. The zero-order valence-electron chi connectivity index (χ0n) is 17.1. The van der Waals surface area contributed by atoms with Gasteiger partial charge in [-0.25, -0.2) is 4.98 Å². The van der Waals surface area contributed by atoms with Crippen molar-refractivity contribution in [3.05, 3.63) is 69.1 Å². The molecule has 1 aromatic carbocycles. The van der Waals surface area contributed by atoms with Gasteiger partial charge in [0.2, 0.25) is 0 Å². The Kier molecular flexibility index (Phi) is 5.24. The fourth-order valence-electron chi connectivity index (χ4n) is 3.52. The van der Waals surface area contributed by atoms with E-state index in [4.69, 9.17) is 0 Å². The van der Waals surface area contributed by atoms with Crippen LogP contribution in [0, 0.1) is 18.3 Å². The molecule has 0 spiro atoms. The summed E-state index contributed by atoms with van der Waals surface area (Å²) in [7, 11) is 3.92. The Balaban J connectivity index is 2.04. The Morgan fingerprint density at radius 3 is 2.61 bits per heavy atom.